The number of rotatable bonds is 5. The lowest BCUT2D eigenvalue weighted by molar-refractivity contribution is -0.129. The maximum atomic E-state index is 12.2. The predicted molar refractivity (Wildman–Crippen MR) is 111 cm³/mol. The van der Waals surface area contributed by atoms with Gasteiger partial charge in [-0.05, 0) is 60.0 Å². The van der Waals surface area contributed by atoms with Crippen LogP contribution >= 0.6 is 0 Å². The molecule has 1 heterocycles. The number of hydrogen-bond donors (Lipinski definition) is 0. The van der Waals surface area contributed by atoms with E-state index in [-0.39, 0.29) is 6.10 Å². The smallest absolute Gasteiger partial charge is 0.363 e. The molecule has 3 aromatic carbocycles. The van der Waals surface area contributed by atoms with E-state index in [4.69, 9.17) is 9.47 Å². The molecule has 140 valence electrons. The lowest BCUT2D eigenvalue weighted by Gasteiger charge is -2.12. The zero-order valence-electron chi connectivity index (χ0n) is 15.9. The van der Waals surface area contributed by atoms with E-state index >= 15 is 0 Å². The highest BCUT2D eigenvalue weighted by atomic mass is 16.6. The highest BCUT2D eigenvalue weighted by Gasteiger charge is 2.24. The largest absolute Gasteiger partial charge is 0.491 e. The molecule has 0 bridgehead atoms. The minimum absolute atomic E-state index is 0.170. The Bertz CT molecular complexity index is 1080. The molecule has 1 atom stereocenters. The zero-order valence-corrected chi connectivity index (χ0v) is 15.9. The van der Waals surface area contributed by atoms with E-state index in [1.54, 1.807) is 6.08 Å². The lowest BCUT2D eigenvalue weighted by atomic mass is 10.1. The third-order valence-electron chi connectivity index (χ3n) is 4.71. The molecule has 0 aliphatic carbocycles. The van der Waals surface area contributed by atoms with E-state index in [2.05, 4.69) is 11.9 Å². The minimum atomic E-state index is -0.442. The Morgan fingerprint density at radius 1 is 1.04 bits per heavy atom. The van der Waals surface area contributed by atoms with Gasteiger partial charge in [0.2, 0.25) is 5.90 Å². The van der Waals surface area contributed by atoms with Crippen LogP contribution < -0.4 is 4.74 Å². The van der Waals surface area contributed by atoms with Crippen molar-refractivity contribution in [1.82, 2.24) is 0 Å². The average Bonchev–Trinajstić information content (AvgIpc) is 3.09. The summed E-state index contributed by atoms with van der Waals surface area (Å²) in [4.78, 5) is 16.6. The minimum Gasteiger partial charge on any atom is -0.491 e. The monoisotopic (exact) mass is 371 g/mol. The Hall–Kier alpha value is -3.40. The third kappa shape index (κ3) is 3.81. The lowest BCUT2D eigenvalue weighted by Crippen LogP contribution is -2.09. The molecule has 0 spiro atoms. The Morgan fingerprint density at radius 3 is 2.54 bits per heavy atom. The number of esters is 1. The summed E-state index contributed by atoms with van der Waals surface area (Å²) in [5.74, 6) is 0.702. The second kappa shape index (κ2) is 7.69. The van der Waals surface area contributed by atoms with Gasteiger partial charge >= 0.3 is 5.97 Å². The number of nitrogens with zero attached hydrogens (tertiary/aromatic N) is 1. The summed E-state index contributed by atoms with van der Waals surface area (Å²) in [5.41, 5.74) is 1.94. The molecule has 3 aromatic rings. The molecule has 0 N–H and O–H groups in total. The van der Waals surface area contributed by atoms with Gasteiger partial charge in [-0.15, -0.1) is 0 Å². The fourth-order valence-electron chi connectivity index (χ4n) is 2.97. The molecular formula is C24H21NO3. The van der Waals surface area contributed by atoms with E-state index in [0.717, 1.165) is 34.1 Å². The van der Waals surface area contributed by atoms with Gasteiger partial charge in [-0.1, -0.05) is 49.4 Å². The highest BCUT2D eigenvalue weighted by Crippen LogP contribution is 2.23. The molecule has 4 heteroatoms. The van der Waals surface area contributed by atoms with Crippen molar-refractivity contribution < 1.29 is 14.3 Å². The summed E-state index contributed by atoms with van der Waals surface area (Å²) in [5, 5.41) is 2.21. The fourth-order valence-corrected chi connectivity index (χ4v) is 2.97. The summed E-state index contributed by atoms with van der Waals surface area (Å²) in [6.07, 6.45) is 2.84. The van der Waals surface area contributed by atoms with Gasteiger partial charge < -0.3 is 9.47 Å². The number of carbonyl (C=O) groups is 1. The standard InChI is InChI=1S/C24H21NO3/c1-3-16(2)27-21-12-8-17(9-13-21)14-22-24(26)28-23(25-22)20-11-10-18-6-4-5-7-19(18)15-20/h4-16H,3H2,1-2H3/b22-14-. The summed E-state index contributed by atoms with van der Waals surface area (Å²) in [6, 6.07) is 21.5. The molecule has 4 rings (SSSR count). The summed E-state index contributed by atoms with van der Waals surface area (Å²) < 4.78 is 11.2. The molecule has 0 saturated carbocycles. The van der Waals surface area contributed by atoms with Crippen molar-refractivity contribution in [2.45, 2.75) is 26.4 Å². The van der Waals surface area contributed by atoms with Crippen molar-refractivity contribution in [3.8, 4) is 5.75 Å². The molecule has 1 aliphatic heterocycles. The van der Waals surface area contributed by atoms with Crippen LogP contribution in [0.3, 0.4) is 0 Å². The molecule has 1 unspecified atom stereocenters. The summed E-state index contributed by atoms with van der Waals surface area (Å²) in [7, 11) is 0. The molecule has 4 nitrogen and oxygen atoms in total. The van der Waals surface area contributed by atoms with Crippen LogP contribution in [-0.2, 0) is 9.53 Å². The molecular weight excluding hydrogens is 350 g/mol. The van der Waals surface area contributed by atoms with Crippen LogP contribution in [0.4, 0.5) is 0 Å². The van der Waals surface area contributed by atoms with Crippen molar-refractivity contribution in [2.75, 3.05) is 0 Å². The zero-order chi connectivity index (χ0) is 19.5. The van der Waals surface area contributed by atoms with Gasteiger partial charge in [-0.25, -0.2) is 9.79 Å². The Labute approximate surface area is 164 Å². The van der Waals surface area contributed by atoms with Crippen molar-refractivity contribution in [2.24, 2.45) is 4.99 Å². The van der Waals surface area contributed by atoms with Crippen molar-refractivity contribution >= 4 is 28.7 Å². The van der Waals surface area contributed by atoms with Gasteiger partial charge in [-0.2, -0.15) is 0 Å². The van der Waals surface area contributed by atoms with Crippen molar-refractivity contribution in [1.29, 1.82) is 0 Å². The predicted octanol–water partition coefficient (Wildman–Crippen LogP) is 5.36. The third-order valence-corrected chi connectivity index (χ3v) is 4.71. The Kier molecular flexibility index (Phi) is 4.94. The van der Waals surface area contributed by atoms with Crippen molar-refractivity contribution in [3.05, 3.63) is 83.6 Å². The first-order chi connectivity index (χ1) is 13.6. The molecule has 0 fully saturated rings. The van der Waals surface area contributed by atoms with Gasteiger partial charge in [0.05, 0.1) is 6.10 Å². The van der Waals surface area contributed by atoms with E-state index in [9.17, 15) is 4.79 Å². The Morgan fingerprint density at radius 2 is 1.79 bits per heavy atom. The number of benzene rings is 3. The summed E-state index contributed by atoms with van der Waals surface area (Å²) in [6.45, 7) is 4.12. The molecule has 28 heavy (non-hydrogen) atoms. The first-order valence-corrected chi connectivity index (χ1v) is 9.41. The first-order valence-electron chi connectivity index (χ1n) is 9.41. The number of carbonyl (C=O) groups excluding carboxylic acids is 1. The fraction of sp³-hybridized carbons (Fsp3) is 0.167. The maximum Gasteiger partial charge on any atom is 0.363 e. The van der Waals surface area contributed by atoms with Gasteiger partial charge in [0, 0.05) is 5.56 Å². The number of ether oxygens (including phenoxy) is 2. The second-order valence-corrected chi connectivity index (χ2v) is 6.80. The number of fused-ring (bicyclic) bond motifs is 1. The van der Waals surface area contributed by atoms with Crippen LogP contribution in [0.1, 0.15) is 31.4 Å². The highest BCUT2D eigenvalue weighted by molar-refractivity contribution is 6.13. The van der Waals surface area contributed by atoms with Crippen molar-refractivity contribution in [3.63, 3.8) is 0 Å². The van der Waals surface area contributed by atoms with E-state index < -0.39 is 5.97 Å². The van der Waals surface area contributed by atoms with Crippen LogP contribution in [0, 0.1) is 0 Å². The first kappa shape index (κ1) is 18.0. The second-order valence-electron chi connectivity index (χ2n) is 6.80. The van der Waals surface area contributed by atoms with Crippen LogP contribution in [0.15, 0.2) is 77.4 Å². The van der Waals surface area contributed by atoms with Crippen LogP contribution in [0.2, 0.25) is 0 Å². The maximum absolute atomic E-state index is 12.2. The topological polar surface area (TPSA) is 47.9 Å². The Balaban J connectivity index is 1.57. The van der Waals surface area contributed by atoms with Crippen LogP contribution in [0.5, 0.6) is 5.75 Å². The van der Waals surface area contributed by atoms with Gasteiger partial charge in [-0.3, -0.25) is 0 Å². The average molecular weight is 371 g/mol. The van der Waals surface area contributed by atoms with E-state index in [0.29, 0.717) is 11.6 Å². The van der Waals surface area contributed by atoms with Gasteiger partial charge in [0.1, 0.15) is 5.75 Å². The molecule has 0 aromatic heterocycles. The molecule has 1 aliphatic rings. The SMILES string of the molecule is CCC(C)Oc1ccc(/C=C2\N=C(c3ccc4ccccc4c3)OC2=O)cc1. The van der Waals surface area contributed by atoms with Gasteiger partial charge in [0.25, 0.3) is 0 Å². The number of cyclic esters (lactones) is 1. The molecule has 0 saturated heterocycles. The summed E-state index contributed by atoms with van der Waals surface area (Å²) >= 11 is 0. The number of aliphatic imine (C=N–C) groups is 1. The molecule has 0 radical (unpaired) electrons. The van der Waals surface area contributed by atoms with Gasteiger partial charge in [0.15, 0.2) is 5.70 Å². The molecule has 0 amide bonds. The van der Waals surface area contributed by atoms with E-state index in [1.807, 2.05) is 73.7 Å². The van der Waals surface area contributed by atoms with Crippen LogP contribution in [0.25, 0.3) is 16.8 Å². The normalized spacial score (nSPS) is 16.1. The quantitative estimate of drug-likeness (QED) is 0.448. The van der Waals surface area contributed by atoms with Crippen LogP contribution in [-0.4, -0.2) is 18.0 Å². The van der Waals surface area contributed by atoms with E-state index in [1.165, 1.54) is 0 Å². The number of hydrogen-bond acceptors (Lipinski definition) is 4.